The minimum Gasteiger partial charge on any atom is -0.508 e. The van der Waals surface area contributed by atoms with E-state index < -0.39 is 17.0 Å². The van der Waals surface area contributed by atoms with Gasteiger partial charge in [-0.15, -0.1) is 0 Å². The van der Waals surface area contributed by atoms with E-state index in [2.05, 4.69) is 10.6 Å². The molecular formula is C21H22N2O5. The number of anilines is 3. The van der Waals surface area contributed by atoms with Crippen molar-refractivity contribution < 1.29 is 15.3 Å². The van der Waals surface area contributed by atoms with Gasteiger partial charge in [-0.05, 0) is 49.2 Å². The highest BCUT2D eigenvalue weighted by Crippen LogP contribution is 2.32. The first-order chi connectivity index (χ1) is 13.3. The summed E-state index contributed by atoms with van der Waals surface area (Å²) in [7, 11) is 0. The van der Waals surface area contributed by atoms with Crippen molar-refractivity contribution in [2.24, 2.45) is 0 Å². The maximum atomic E-state index is 12.0. The van der Waals surface area contributed by atoms with Crippen molar-refractivity contribution >= 4 is 17.1 Å². The van der Waals surface area contributed by atoms with Crippen LogP contribution in [0.4, 0.5) is 17.1 Å². The lowest BCUT2D eigenvalue weighted by molar-refractivity contribution is 0.170. The minimum atomic E-state index is -0.835. The standard InChI is InChI=1S/C21H22N2O5/c1-3-16(25)15-10-13(7-8-17(15)26)23-19-18(20(27)21(19)28)22-11(2)12-5-4-6-14(24)9-12/h4-11,16,22-26H,3H2,1-2H3. The molecule has 146 valence electrons. The van der Waals surface area contributed by atoms with E-state index >= 15 is 0 Å². The minimum absolute atomic E-state index is 0.0410. The van der Waals surface area contributed by atoms with E-state index in [1.165, 1.54) is 6.07 Å². The maximum Gasteiger partial charge on any atom is 0.253 e. The van der Waals surface area contributed by atoms with Gasteiger partial charge in [-0.3, -0.25) is 9.59 Å². The van der Waals surface area contributed by atoms with Crippen LogP contribution in [0.3, 0.4) is 0 Å². The van der Waals surface area contributed by atoms with Gasteiger partial charge in [0.15, 0.2) is 0 Å². The smallest absolute Gasteiger partial charge is 0.253 e. The largest absolute Gasteiger partial charge is 0.508 e. The third kappa shape index (κ3) is 3.70. The van der Waals surface area contributed by atoms with E-state index in [9.17, 15) is 24.9 Å². The monoisotopic (exact) mass is 382 g/mol. The van der Waals surface area contributed by atoms with Crippen LogP contribution >= 0.6 is 0 Å². The molecule has 0 heterocycles. The quantitative estimate of drug-likeness (QED) is 0.315. The SMILES string of the molecule is CCC(O)c1cc(Nc2c(NC(C)c3cccc(O)c3)c(=O)c2=O)ccc1O. The van der Waals surface area contributed by atoms with Gasteiger partial charge in [-0.2, -0.15) is 0 Å². The second-order valence-corrected chi connectivity index (χ2v) is 6.69. The third-order valence-corrected chi connectivity index (χ3v) is 4.68. The predicted octanol–water partition coefficient (Wildman–Crippen LogP) is 3.05. The van der Waals surface area contributed by atoms with Gasteiger partial charge in [-0.25, -0.2) is 0 Å². The molecule has 0 aliphatic heterocycles. The number of nitrogens with one attached hydrogen (secondary N) is 2. The number of hydrogen-bond acceptors (Lipinski definition) is 7. The predicted molar refractivity (Wildman–Crippen MR) is 108 cm³/mol. The summed E-state index contributed by atoms with van der Waals surface area (Å²) in [5.41, 5.74) is 0.593. The fraction of sp³-hybridized carbons (Fsp3) is 0.238. The number of aliphatic hydroxyl groups is 1. The Bertz CT molecular complexity index is 1070. The lowest BCUT2D eigenvalue weighted by Gasteiger charge is -2.20. The van der Waals surface area contributed by atoms with Crippen molar-refractivity contribution in [3.05, 3.63) is 74.0 Å². The molecule has 0 bridgehead atoms. The van der Waals surface area contributed by atoms with Gasteiger partial charge in [0, 0.05) is 17.3 Å². The second-order valence-electron chi connectivity index (χ2n) is 6.69. The van der Waals surface area contributed by atoms with Crippen molar-refractivity contribution in [3.8, 4) is 11.5 Å². The Morgan fingerprint density at radius 1 is 1.00 bits per heavy atom. The number of aromatic hydroxyl groups is 2. The molecular weight excluding hydrogens is 360 g/mol. The van der Waals surface area contributed by atoms with Crippen LogP contribution < -0.4 is 21.5 Å². The van der Waals surface area contributed by atoms with Gasteiger partial charge in [0.25, 0.3) is 10.9 Å². The molecule has 3 aromatic carbocycles. The molecule has 3 aromatic rings. The Labute approximate surface area is 161 Å². The first-order valence-corrected chi connectivity index (χ1v) is 8.98. The Morgan fingerprint density at radius 2 is 1.71 bits per heavy atom. The molecule has 0 spiro atoms. The van der Waals surface area contributed by atoms with E-state index in [1.54, 1.807) is 43.3 Å². The number of rotatable bonds is 7. The Hall–Kier alpha value is -3.32. The number of benzene rings is 2. The number of hydrogen-bond donors (Lipinski definition) is 5. The topological polar surface area (TPSA) is 119 Å². The van der Waals surface area contributed by atoms with Gasteiger partial charge >= 0.3 is 0 Å². The van der Waals surface area contributed by atoms with Gasteiger partial charge in [0.2, 0.25) is 0 Å². The zero-order valence-corrected chi connectivity index (χ0v) is 15.6. The Kier molecular flexibility index (Phi) is 5.37. The average Bonchev–Trinajstić information content (AvgIpc) is 2.70. The van der Waals surface area contributed by atoms with Crippen LogP contribution in [0.2, 0.25) is 0 Å². The molecule has 0 radical (unpaired) electrons. The molecule has 0 saturated heterocycles. The van der Waals surface area contributed by atoms with Crippen molar-refractivity contribution in [2.75, 3.05) is 10.6 Å². The van der Waals surface area contributed by atoms with Crippen molar-refractivity contribution in [1.29, 1.82) is 0 Å². The molecule has 0 aliphatic rings. The molecule has 0 amide bonds. The van der Waals surface area contributed by atoms with Crippen molar-refractivity contribution in [2.45, 2.75) is 32.4 Å². The number of aliphatic hydroxyl groups excluding tert-OH is 1. The highest BCUT2D eigenvalue weighted by Gasteiger charge is 2.23. The zero-order chi connectivity index (χ0) is 20.4. The van der Waals surface area contributed by atoms with Crippen LogP contribution in [0.5, 0.6) is 11.5 Å². The van der Waals surface area contributed by atoms with E-state index in [0.29, 0.717) is 17.7 Å². The molecule has 5 N–H and O–H groups in total. The normalized spacial score (nSPS) is 13.2. The lowest BCUT2D eigenvalue weighted by Crippen LogP contribution is -2.37. The number of phenols is 2. The molecule has 2 unspecified atom stereocenters. The number of phenolic OH excluding ortho intramolecular Hbond substituents is 2. The summed E-state index contributed by atoms with van der Waals surface area (Å²) in [5, 5.41) is 35.4. The molecule has 0 aliphatic carbocycles. The Morgan fingerprint density at radius 3 is 2.39 bits per heavy atom. The van der Waals surface area contributed by atoms with Crippen molar-refractivity contribution in [3.63, 3.8) is 0 Å². The van der Waals surface area contributed by atoms with Crippen LogP contribution in [0.15, 0.2) is 52.1 Å². The Balaban J connectivity index is 1.85. The van der Waals surface area contributed by atoms with Crippen molar-refractivity contribution in [1.82, 2.24) is 0 Å². The van der Waals surface area contributed by atoms with Crippen LogP contribution in [-0.2, 0) is 0 Å². The summed E-state index contributed by atoms with van der Waals surface area (Å²) in [5.74, 6) is 0.0707. The second kappa shape index (κ2) is 7.74. The molecule has 28 heavy (non-hydrogen) atoms. The molecule has 7 heteroatoms. The summed E-state index contributed by atoms with van der Waals surface area (Å²) in [6.45, 7) is 3.59. The van der Waals surface area contributed by atoms with E-state index in [-0.39, 0.29) is 28.9 Å². The average molecular weight is 382 g/mol. The van der Waals surface area contributed by atoms with E-state index in [0.717, 1.165) is 5.56 Å². The van der Waals surface area contributed by atoms with Crippen LogP contribution in [-0.4, -0.2) is 15.3 Å². The summed E-state index contributed by atoms with van der Waals surface area (Å²) in [4.78, 5) is 24.1. The van der Waals surface area contributed by atoms with Gasteiger partial charge in [0.05, 0.1) is 6.10 Å². The molecule has 0 aromatic heterocycles. The summed E-state index contributed by atoms with van der Waals surface area (Å²) in [6, 6.07) is 10.8. The van der Waals surface area contributed by atoms with Gasteiger partial charge in [-0.1, -0.05) is 19.1 Å². The molecule has 3 rings (SSSR count). The van der Waals surface area contributed by atoms with Gasteiger partial charge < -0.3 is 26.0 Å². The highest BCUT2D eigenvalue weighted by atomic mass is 16.3. The first kappa shape index (κ1) is 19.4. The van der Waals surface area contributed by atoms with Crippen LogP contribution in [0.25, 0.3) is 0 Å². The maximum absolute atomic E-state index is 12.0. The lowest BCUT2D eigenvalue weighted by atomic mass is 10.0. The van der Waals surface area contributed by atoms with Crippen LogP contribution in [0.1, 0.15) is 43.5 Å². The van der Waals surface area contributed by atoms with Gasteiger partial charge in [0.1, 0.15) is 22.9 Å². The fourth-order valence-electron chi connectivity index (χ4n) is 3.01. The highest BCUT2D eigenvalue weighted by molar-refractivity contribution is 5.79. The summed E-state index contributed by atoms with van der Waals surface area (Å²) in [6.07, 6.45) is -0.413. The zero-order valence-electron chi connectivity index (χ0n) is 15.6. The van der Waals surface area contributed by atoms with E-state index in [4.69, 9.17) is 0 Å². The summed E-state index contributed by atoms with van der Waals surface area (Å²) >= 11 is 0. The van der Waals surface area contributed by atoms with Crippen LogP contribution in [0, 0.1) is 0 Å². The molecule has 2 atom stereocenters. The molecule has 7 nitrogen and oxygen atoms in total. The first-order valence-electron chi connectivity index (χ1n) is 8.98. The molecule has 0 saturated carbocycles. The van der Waals surface area contributed by atoms with E-state index in [1.807, 2.05) is 6.92 Å². The fourth-order valence-corrected chi connectivity index (χ4v) is 3.01. The summed E-state index contributed by atoms with van der Waals surface area (Å²) < 4.78 is 0. The third-order valence-electron chi connectivity index (χ3n) is 4.68. The molecule has 0 fully saturated rings.